The van der Waals surface area contributed by atoms with E-state index < -0.39 is 0 Å². The highest BCUT2D eigenvalue weighted by Gasteiger charge is 2.13. The van der Waals surface area contributed by atoms with Gasteiger partial charge >= 0.3 is 0 Å². The molecular weight excluding hydrogens is 136 g/mol. The molecule has 0 aromatic carbocycles. The fourth-order valence-electron chi connectivity index (χ4n) is 0.528. The molecule has 0 bridgehead atoms. The van der Waals surface area contributed by atoms with Crippen LogP contribution in [0, 0.1) is 10.8 Å². The first-order valence-electron chi connectivity index (χ1n) is 4.08. The van der Waals surface area contributed by atoms with Crippen molar-refractivity contribution in [2.75, 3.05) is 6.61 Å². The molecule has 0 spiro atoms. The van der Waals surface area contributed by atoms with Crippen molar-refractivity contribution in [3.05, 3.63) is 12.2 Å². The number of aliphatic hydroxyl groups is 1. The summed E-state index contributed by atoms with van der Waals surface area (Å²) in [6.45, 7) is 10.7. The molecule has 1 heteroatoms. The van der Waals surface area contributed by atoms with Crippen molar-refractivity contribution in [3.63, 3.8) is 0 Å². The van der Waals surface area contributed by atoms with E-state index in [1.807, 2.05) is 13.8 Å². The van der Waals surface area contributed by atoms with Crippen LogP contribution >= 0.6 is 0 Å². The summed E-state index contributed by atoms with van der Waals surface area (Å²) >= 11 is 0. The minimum absolute atomic E-state index is 0.0761. The predicted molar refractivity (Wildman–Crippen MR) is 49.5 cm³/mol. The fourth-order valence-corrected chi connectivity index (χ4v) is 0.528. The van der Waals surface area contributed by atoms with Crippen molar-refractivity contribution in [1.82, 2.24) is 0 Å². The second-order valence-corrected chi connectivity index (χ2v) is 4.85. The smallest absolute Gasteiger partial charge is 0.0516 e. The van der Waals surface area contributed by atoms with Crippen molar-refractivity contribution in [2.24, 2.45) is 10.8 Å². The normalized spacial score (nSPS) is 14.4. The predicted octanol–water partition coefficient (Wildman–Crippen LogP) is 2.61. The van der Waals surface area contributed by atoms with Gasteiger partial charge in [0.15, 0.2) is 0 Å². The zero-order chi connectivity index (χ0) is 9.12. The van der Waals surface area contributed by atoms with E-state index in [1.165, 1.54) is 0 Å². The molecule has 66 valence electrons. The molecule has 11 heavy (non-hydrogen) atoms. The Labute approximate surface area is 70.1 Å². The van der Waals surface area contributed by atoms with E-state index in [4.69, 9.17) is 5.11 Å². The summed E-state index contributed by atoms with van der Waals surface area (Å²) < 4.78 is 0. The van der Waals surface area contributed by atoms with Crippen LogP contribution in [0.15, 0.2) is 12.2 Å². The van der Waals surface area contributed by atoms with E-state index in [-0.39, 0.29) is 17.4 Å². The Kier molecular flexibility index (Phi) is 3.30. The zero-order valence-electron chi connectivity index (χ0n) is 8.31. The van der Waals surface area contributed by atoms with Gasteiger partial charge in [0.25, 0.3) is 0 Å². The quantitative estimate of drug-likeness (QED) is 0.609. The molecule has 0 atom stereocenters. The Bertz CT molecular complexity index is 137. The zero-order valence-corrected chi connectivity index (χ0v) is 8.31. The SMILES string of the molecule is CC(C)(C)/C=C/C(C)(C)CO. The third-order valence-corrected chi connectivity index (χ3v) is 1.44. The lowest BCUT2D eigenvalue weighted by Gasteiger charge is -2.19. The summed E-state index contributed by atoms with van der Waals surface area (Å²) in [5.74, 6) is 0. The highest BCUT2D eigenvalue weighted by molar-refractivity contribution is 5.00. The number of hydrogen-bond donors (Lipinski definition) is 1. The van der Waals surface area contributed by atoms with E-state index in [2.05, 4.69) is 32.9 Å². The summed E-state index contributed by atoms with van der Waals surface area (Å²) in [6.07, 6.45) is 4.22. The lowest BCUT2D eigenvalue weighted by Crippen LogP contribution is -2.14. The highest BCUT2D eigenvalue weighted by Crippen LogP contribution is 2.21. The van der Waals surface area contributed by atoms with Gasteiger partial charge in [-0.25, -0.2) is 0 Å². The molecule has 0 aliphatic rings. The molecule has 0 rings (SSSR count). The van der Waals surface area contributed by atoms with Gasteiger partial charge in [-0.15, -0.1) is 0 Å². The maximum atomic E-state index is 8.94. The van der Waals surface area contributed by atoms with E-state index >= 15 is 0 Å². The van der Waals surface area contributed by atoms with E-state index in [1.54, 1.807) is 0 Å². The topological polar surface area (TPSA) is 20.2 Å². The van der Waals surface area contributed by atoms with Crippen LogP contribution in [0.25, 0.3) is 0 Å². The van der Waals surface area contributed by atoms with E-state index in [0.29, 0.717) is 0 Å². The minimum Gasteiger partial charge on any atom is -0.395 e. The Hall–Kier alpha value is -0.300. The van der Waals surface area contributed by atoms with Gasteiger partial charge < -0.3 is 5.11 Å². The van der Waals surface area contributed by atoms with Crippen LogP contribution in [0.3, 0.4) is 0 Å². The van der Waals surface area contributed by atoms with Gasteiger partial charge in [0.05, 0.1) is 6.61 Å². The van der Waals surface area contributed by atoms with Gasteiger partial charge in [0.1, 0.15) is 0 Å². The number of allylic oxidation sites excluding steroid dienone is 1. The molecule has 0 aliphatic heterocycles. The van der Waals surface area contributed by atoms with E-state index in [9.17, 15) is 0 Å². The molecule has 0 fully saturated rings. The Morgan fingerprint density at radius 2 is 1.45 bits per heavy atom. The largest absolute Gasteiger partial charge is 0.395 e. The van der Waals surface area contributed by atoms with Gasteiger partial charge in [0.2, 0.25) is 0 Å². The van der Waals surface area contributed by atoms with Gasteiger partial charge in [-0.1, -0.05) is 46.8 Å². The third-order valence-electron chi connectivity index (χ3n) is 1.44. The van der Waals surface area contributed by atoms with Crippen LogP contribution in [0.2, 0.25) is 0 Å². The molecule has 0 heterocycles. The Morgan fingerprint density at radius 3 is 1.73 bits per heavy atom. The molecular formula is C10H20O. The molecule has 0 unspecified atom stereocenters. The maximum Gasteiger partial charge on any atom is 0.0516 e. The minimum atomic E-state index is -0.0761. The van der Waals surface area contributed by atoms with Gasteiger partial charge in [0, 0.05) is 5.41 Å². The first-order valence-corrected chi connectivity index (χ1v) is 4.08. The molecule has 1 nitrogen and oxygen atoms in total. The third kappa shape index (κ3) is 6.11. The van der Waals surface area contributed by atoms with Gasteiger partial charge in [-0.2, -0.15) is 0 Å². The van der Waals surface area contributed by atoms with Crippen molar-refractivity contribution in [2.45, 2.75) is 34.6 Å². The Morgan fingerprint density at radius 1 is 1.00 bits per heavy atom. The van der Waals surface area contributed by atoms with Crippen molar-refractivity contribution >= 4 is 0 Å². The summed E-state index contributed by atoms with van der Waals surface area (Å²) in [5.41, 5.74) is 0.139. The standard InChI is InChI=1S/C10H20O/c1-9(2,3)6-7-10(4,5)8-11/h6-7,11H,8H2,1-5H3/b7-6+. The molecule has 0 aromatic heterocycles. The molecule has 0 radical (unpaired) electrons. The first kappa shape index (κ1) is 10.7. The lowest BCUT2D eigenvalue weighted by atomic mass is 9.88. The van der Waals surface area contributed by atoms with Crippen molar-refractivity contribution in [1.29, 1.82) is 0 Å². The average Bonchev–Trinajstić information content (AvgIpc) is 1.83. The summed E-state index contributed by atoms with van der Waals surface area (Å²) in [4.78, 5) is 0. The second kappa shape index (κ2) is 3.40. The molecule has 0 saturated carbocycles. The lowest BCUT2D eigenvalue weighted by molar-refractivity contribution is 0.198. The monoisotopic (exact) mass is 156 g/mol. The summed E-state index contributed by atoms with van der Waals surface area (Å²) in [5, 5.41) is 8.94. The summed E-state index contributed by atoms with van der Waals surface area (Å²) in [7, 11) is 0. The van der Waals surface area contributed by atoms with Crippen LogP contribution in [-0.4, -0.2) is 11.7 Å². The van der Waals surface area contributed by atoms with Crippen LogP contribution in [0.5, 0.6) is 0 Å². The molecule has 0 saturated heterocycles. The van der Waals surface area contributed by atoms with Crippen LogP contribution in [-0.2, 0) is 0 Å². The first-order chi connectivity index (χ1) is 4.77. The molecule has 0 aliphatic carbocycles. The number of hydrogen-bond acceptors (Lipinski definition) is 1. The second-order valence-electron chi connectivity index (χ2n) is 4.85. The van der Waals surface area contributed by atoms with Gasteiger partial charge in [-0.3, -0.25) is 0 Å². The number of aliphatic hydroxyl groups excluding tert-OH is 1. The molecule has 1 N–H and O–H groups in total. The molecule has 0 aromatic rings. The van der Waals surface area contributed by atoms with Crippen LogP contribution in [0.4, 0.5) is 0 Å². The fraction of sp³-hybridized carbons (Fsp3) is 0.800. The van der Waals surface area contributed by atoms with Crippen LogP contribution < -0.4 is 0 Å². The van der Waals surface area contributed by atoms with Crippen LogP contribution in [0.1, 0.15) is 34.6 Å². The van der Waals surface area contributed by atoms with Gasteiger partial charge in [-0.05, 0) is 5.41 Å². The highest BCUT2D eigenvalue weighted by atomic mass is 16.3. The van der Waals surface area contributed by atoms with E-state index in [0.717, 1.165) is 0 Å². The summed E-state index contributed by atoms with van der Waals surface area (Å²) in [6, 6.07) is 0. The van der Waals surface area contributed by atoms with Crippen molar-refractivity contribution < 1.29 is 5.11 Å². The Balaban J connectivity index is 4.13. The van der Waals surface area contributed by atoms with Crippen molar-refractivity contribution in [3.8, 4) is 0 Å². The molecule has 0 amide bonds. The maximum absolute atomic E-state index is 8.94. The number of rotatable bonds is 2. The average molecular weight is 156 g/mol.